The standard InChI is InChI=1S/C17H27N/c1-4-16-9-8-15(12-17(16)14(2)3)13-18-10-6-5-7-11-18/h8-9,12,14H,4-7,10-11,13H2,1-3H3. The van der Waals surface area contributed by atoms with Crippen molar-refractivity contribution in [3.05, 3.63) is 34.9 Å². The minimum absolute atomic E-state index is 0.640. The molecule has 0 aromatic heterocycles. The van der Waals surface area contributed by atoms with E-state index in [1.54, 1.807) is 5.56 Å². The minimum atomic E-state index is 0.640. The fraction of sp³-hybridized carbons (Fsp3) is 0.647. The maximum absolute atomic E-state index is 2.61. The van der Waals surface area contributed by atoms with Gasteiger partial charge in [0.05, 0.1) is 0 Å². The van der Waals surface area contributed by atoms with Gasteiger partial charge in [0.1, 0.15) is 0 Å². The highest BCUT2D eigenvalue weighted by molar-refractivity contribution is 5.34. The van der Waals surface area contributed by atoms with Crippen LogP contribution in [0.3, 0.4) is 0 Å². The molecule has 1 nitrogen and oxygen atoms in total. The average molecular weight is 245 g/mol. The Kier molecular flexibility index (Phi) is 4.82. The van der Waals surface area contributed by atoms with E-state index in [2.05, 4.69) is 43.9 Å². The zero-order chi connectivity index (χ0) is 13.0. The summed E-state index contributed by atoms with van der Waals surface area (Å²) >= 11 is 0. The van der Waals surface area contributed by atoms with Crippen LogP contribution in [-0.4, -0.2) is 18.0 Å². The minimum Gasteiger partial charge on any atom is -0.299 e. The fourth-order valence-electron chi connectivity index (χ4n) is 2.98. The van der Waals surface area contributed by atoms with Crippen LogP contribution in [0.2, 0.25) is 0 Å². The summed E-state index contributed by atoms with van der Waals surface area (Å²) in [5.41, 5.74) is 4.57. The molecule has 0 aliphatic carbocycles. The number of piperidine rings is 1. The van der Waals surface area contributed by atoms with Crippen molar-refractivity contribution >= 4 is 0 Å². The van der Waals surface area contributed by atoms with Gasteiger partial charge in [0.15, 0.2) is 0 Å². The molecule has 1 aliphatic heterocycles. The molecular formula is C17H27N. The summed E-state index contributed by atoms with van der Waals surface area (Å²) in [4.78, 5) is 2.61. The summed E-state index contributed by atoms with van der Waals surface area (Å²) < 4.78 is 0. The van der Waals surface area contributed by atoms with Crippen LogP contribution in [0.1, 0.15) is 62.6 Å². The smallest absolute Gasteiger partial charge is 0.0233 e. The molecule has 1 fully saturated rings. The number of hydrogen-bond acceptors (Lipinski definition) is 1. The topological polar surface area (TPSA) is 3.24 Å². The maximum Gasteiger partial charge on any atom is 0.0233 e. The molecule has 1 heterocycles. The van der Waals surface area contributed by atoms with Gasteiger partial charge in [0.25, 0.3) is 0 Å². The average Bonchev–Trinajstić information content (AvgIpc) is 2.40. The molecule has 0 saturated carbocycles. The number of hydrogen-bond donors (Lipinski definition) is 0. The first-order valence-electron chi connectivity index (χ1n) is 7.54. The number of likely N-dealkylation sites (tertiary alicyclic amines) is 1. The third kappa shape index (κ3) is 3.35. The molecule has 1 saturated heterocycles. The highest BCUT2D eigenvalue weighted by atomic mass is 15.1. The van der Waals surface area contributed by atoms with Gasteiger partial charge in [-0.3, -0.25) is 4.90 Å². The Bertz CT molecular complexity index is 375. The summed E-state index contributed by atoms with van der Waals surface area (Å²) in [6, 6.07) is 7.12. The zero-order valence-corrected chi connectivity index (χ0v) is 12.2. The van der Waals surface area contributed by atoms with Crippen molar-refractivity contribution in [3.63, 3.8) is 0 Å². The van der Waals surface area contributed by atoms with Crippen molar-refractivity contribution in [1.82, 2.24) is 4.90 Å². The van der Waals surface area contributed by atoms with Crippen molar-refractivity contribution in [1.29, 1.82) is 0 Å². The molecule has 0 N–H and O–H groups in total. The zero-order valence-electron chi connectivity index (χ0n) is 12.2. The van der Waals surface area contributed by atoms with Gasteiger partial charge in [-0.15, -0.1) is 0 Å². The maximum atomic E-state index is 2.61. The van der Waals surface area contributed by atoms with Crippen LogP contribution in [-0.2, 0) is 13.0 Å². The molecule has 0 radical (unpaired) electrons. The van der Waals surface area contributed by atoms with E-state index in [1.165, 1.54) is 43.5 Å². The third-order valence-corrected chi connectivity index (χ3v) is 4.07. The van der Waals surface area contributed by atoms with E-state index in [4.69, 9.17) is 0 Å². The van der Waals surface area contributed by atoms with Crippen LogP contribution in [0.5, 0.6) is 0 Å². The normalized spacial score (nSPS) is 17.3. The second kappa shape index (κ2) is 6.38. The van der Waals surface area contributed by atoms with Crippen molar-refractivity contribution in [3.8, 4) is 0 Å². The highest BCUT2D eigenvalue weighted by Gasteiger charge is 2.12. The molecule has 100 valence electrons. The van der Waals surface area contributed by atoms with Gasteiger partial charge in [-0.2, -0.15) is 0 Å². The van der Waals surface area contributed by atoms with E-state index in [9.17, 15) is 0 Å². The lowest BCUT2D eigenvalue weighted by atomic mass is 9.93. The lowest BCUT2D eigenvalue weighted by Crippen LogP contribution is -2.29. The molecule has 1 aromatic carbocycles. The molecule has 1 heteroatoms. The highest BCUT2D eigenvalue weighted by Crippen LogP contribution is 2.23. The van der Waals surface area contributed by atoms with E-state index in [0.717, 1.165) is 13.0 Å². The Morgan fingerprint density at radius 1 is 1.11 bits per heavy atom. The van der Waals surface area contributed by atoms with Crippen LogP contribution in [0, 0.1) is 0 Å². The Balaban J connectivity index is 2.10. The fourth-order valence-corrected chi connectivity index (χ4v) is 2.98. The summed E-state index contributed by atoms with van der Waals surface area (Å²) in [6.45, 7) is 10.6. The number of rotatable bonds is 4. The largest absolute Gasteiger partial charge is 0.299 e. The lowest BCUT2D eigenvalue weighted by molar-refractivity contribution is 0.221. The predicted molar refractivity (Wildman–Crippen MR) is 79.0 cm³/mol. The first-order chi connectivity index (χ1) is 8.70. The van der Waals surface area contributed by atoms with Gasteiger partial charge in [-0.25, -0.2) is 0 Å². The van der Waals surface area contributed by atoms with Crippen LogP contribution in [0.25, 0.3) is 0 Å². The summed E-state index contributed by atoms with van der Waals surface area (Å²) in [5, 5.41) is 0. The van der Waals surface area contributed by atoms with Crippen molar-refractivity contribution < 1.29 is 0 Å². The monoisotopic (exact) mass is 245 g/mol. The van der Waals surface area contributed by atoms with Crippen LogP contribution in [0.4, 0.5) is 0 Å². The van der Waals surface area contributed by atoms with Crippen molar-refractivity contribution in [2.24, 2.45) is 0 Å². The van der Waals surface area contributed by atoms with Gasteiger partial charge in [0, 0.05) is 6.54 Å². The molecular weight excluding hydrogens is 218 g/mol. The predicted octanol–water partition coefficient (Wildman–Crippen LogP) is 4.36. The van der Waals surface area contributed by atoms with E-state index < -0.39 is 0 Å². The quantitative estimate of drug-likeness (QED) is 0.762. The lowest BCUT2D eigenvalue weighted by Gasteiger charge is -2.27. The van der Waals surface area contributed by atoms with Crippen LogP contribution >= 0.6 is 0 Å². The third-order valence-electron chi connectivity index (χ3n) is 4.07. The Morgan fingerprint density at radius 3 is 2.44 bits per heavy atom. The Morgan fingerprint density at radius 2 is 1.83 bits per heavy atom. The van der Waals surface area contributed by atoms with Crippen molar-refractivity contribution in [2.45, 2.75) is 58.9 Å². The Hall–Kier alpha value is -0.820. The first-order valence-corrected chi connectivity index (χ1v) is 7.54. The molecule has 2 rings (SSSR count). The molecule has 0 bridgehead atoms. The van der Waals surface area contributed by atoms with Gasteiger partial charge < -0.3 is 0 Å². The van der Waals surface area contributed by atoms with Gasteiger partial charge in [0.2, 0.25) is 0 Å². The summed E-state index contributed by atoms with van der Waals surface area (Å²) in [5.74, 6) is 0.640. The second-order valence-corrected chi connectivity index (χ2v) is 5.88. The molecule has 0 spiro atoms. The van der Waals surface area contributed by atoms with Crippen LogP contribution in [0.15, 0.2) is 18.2 Å². The Labute approximate surface area is 112 Å². The number of nitrogens with zero attached hydrogens (tertiary/aromatic N) is 1. The van der Waals surface area contributed by atoms with E-state index in [1.807, 2.05) is 0 Å². The van der Waals surface area contributed by atoms with Gasteiger partial charge in [-0.1, -0.05) is 45.4 Å². The molecule has 18 heavy (non-hydrogen) atoms. The SMILES string of the molecule is CCc1ccc(CN2CCCCC2)cc1C(C)C. The first kappa shape index (κ1) is 13.6. The molecule has 1 aromatic rings. The van der Waals surface area contributed by atoms with Gasteiger partial charge in [-0.05, 0) is 55.0 Å². The van der Waals surface area contributed by atoms with Gasteiger partial charge >= 0.3 is 0 Å². The van der Waals surface area contributed by atoms with E-state index in [0.29, 0.717) is 5.92 Å². The molecule has 1 aliphatic rings. The van der Waals surface area contributed by atoms with Crippen molar-refractivity contribution in [2.75, 3.05) is 13.1 Å². The molecule has 0 unspecified atom stereocenters. The second-order valence-electron chi connectivity index (χ2n) is 5.88. The number of benzene rings is 1. The summed E-state index contributed by atoms with van der Waals surface area (Å²) in [7, 11) is 0. The number of aryl methyl sites for hydroxylation is 1. The van der Waals surface area contributed by atoms with E-state index >= 15 is 0 Å². The molecule has 0 atom stereocenters. The summed E-state index contributed by atoms with van der Waals surface area (Å²) in [6.07, 6.45) is 5.33. The van der Waals surface area contributed by atoms with Crippen LogP contribution < -0.4 is 0 Å². The van der Waals surface area contributed by atoms with E-state index in [-0.39, 0.29) is 0 Å². The molecule has 0 amide bonds.